The number of primary amides is 1. The van der Waals surface area contributed by atoms with Gasteiger partial charge in [-0.15, -0.1) is 0 Å². The molecule has 0 bridgehead atoms. The Morgan fingerprint density at radius 3 is 2.54 bits per heavy atom. The lowest BCUT2D eigenvalue weighted by Crippen LogP contribution is -2.57. The van der Waals surface area contributed by atoms with Gasteiger partial charge in [0.1, 0.15) is 18.1 Å². The molecule has 1 fully saturated rings. The average Bonchev–Trinajstić information content (AvgIpc) is 3.55. The summed E-state index contributed by atoms with van der Waals surface area (Å²) in [6, 6.07) is 3.21. The number of hydrogen-bond donors (Lipinski definition) is 7. The maximum atomic E-state index is 13.8. The minimum Gasteiger partial charge on any atom is -0.480 e. The highest BCUT2D eigenvalue weighted by Gasteiger charge is 2.39. The summed E-state index contributed by atoms with van der Waals surface area (Å²) in [5.41, 5.74) is 18.4. The third-order valence-corrected chi connectivity index (χ3v) is 6.88. The Labute approximate surface area is 225 Å². The van der Waals surface area contributed by atoms with Gasteiger partial charge in [-0.1, -0.05) is 24.6 Å². The lowest BCUT2D eigenvalue weighted by atomic mass is 10.0. The average molecular weight is 544 g/mol. The van der Waals surface area contributed by atoms with Crippen LogP contribution in [0.15, 0.2) is 30.5 Å². The van der Waals surface area contributed by atoms with E-state index in [1.165, 1.54) is 4.90 Å². The minimum absolute atomic E-state index is 0.147. The second-order valence-electron chi connectivity index (χ2n) is 9.78. The summed E-state index contributed by atoms with van der Waals surface area (Å²) in [4.78, 5) is 67.0. The highest BCUT2D eigenvalue weighted by atomic mass is 16.4. The molecule has 0 radical (unpaired) electrons. The van der Waals surface area contributed by atoms with E-state index in [4.69, 9.17) is 17.2 Å². The highest BCUT2D eigenvalue weighted by Crippen LogP contribution is 2.23. The van der Waals surface area contributed by atoms with Crippen molar-refractivity contribution in [2.45, 2.75) is 69.1 Å². The molecule has 4 unspecified atom stereocenters. The molecule has 212 valence electrons. The number of nitrogens with zero attached hydrogens (tertiary/aromatic N) is 1. The Kier molecular flexibility index (Phi) is 10.4. The van der Waals surface area contributed by atoms with Gasteiger partial charge in [-0.25, -0.2) is 4.79 Å². The van der Waals surface area contributed by atoms with E-state index >= 15 is 0 Å². The summed E-state index contributed by atoms with van der Waals surface area (Å²) in [5, 5.41) is 15.4. The maximum Gasteiger partial charge on any atom is 0.326 e. The van der Waals surface area contributed by atoms with Crippen LogP contribution in [0.25, 0.3) is 10.9 Å². The van der Waals surface area contributed by atoms with Crippen molar-refractivity contribution in [3.8, 4) is 0 Å². The molecule has 13 nitrogen and oxygen atoms in total. The van der Waals surface area contributed by atoms with E-state index < -0.39 is 60.2 Å². The summed E-state index contributed by atoms with van der Waals surface area (Å²) < 4.78 is 0. The van der Waals surface area contributed by atoms with Crippen LogP contribution in [0.3, 0.4) is 0 Å². The molecule has 13 heteroatoms. The number of likely N-dealkylation sites (tertiary alicyclic amines) is 1. The molecular weight excluding hydrogens is 506 g/mol. The molecule has 1 saturated heterocycles. The number of aliphatic carboxylic acids is 1. The van der Waals surface area contributed by atoms with Crippen molar-refractivity contribution >= 4 is 40.5 Å². The number of carbonyl (C=O) groups excluding carboxylic acids is 4. The molecule has 0 aliphatic carbocycles. The number of carboxylic acid groups (broad SMARTS) is 1. The molecular formula is C26H37N7O6. The molecule has 1 aromatic heterocycles. The summed E-state index contributed by atoms with van der Waals surface area (Å²) in [6.45, 7) is 0.726. The van der Waals surface area contributed by atoms with Gasteiger partial charge in [0.15, 0.2) is 0 Å². The first-order chi connectivity index (χ1) is 18.6. The standard InChI is InChI=1S/C26H37N7O6/c27-10-4-3-7-17(28)23(35)31-19(12-15-14-30-18-8-2-1-6-16(15)18)25(37)33-11-5-9-21(33)24(36)32-20(26(38)39)13-22(29)34/h1-2,6,8,14,17,19-21,30H,3-5,7,9-13,27-28H2,(H2,29,34)(H,31,35)(H,32,36)(H,38,39). The van der Waals surface area contributed by atoms with Crippen LogP contribution < -0.4 is 27.8 Å². The van der Waals surface area contributed by atoms with Crippen LogP contribution in [-0.4, -0.2) is 81.8 Å². The summed E-state index contributed by atoms with van der Waals surface area (Å²) >= 11 is 0. The quantitative estimate of drug-likeness (QED) is 0.147. The molecule has 39 heavy (non-hydrogen) atoms. The van der Waals surface area contributed by atoms with E-state index in [9.17, 15) is 29.1 Å². The largest absolute Gasteiger partial charge is 0.480 e. The van der Waals surface area contributed by atoms with E-state index in [-0.39, 0.29) is 13.0 Å². The maximum absolute atomic E-state index is 13.8. The third-order valence-electron chi connectivity index (χ3n) is 6.88. The Morgan fingerprint density at radius 2 is 1.85 bits per heavy atom. The van der Waals surface area contributed by atoms with Crippen molar-refractivity contribution in [2.75, 3.05) is 13.1 Å². The molecule has 1 aliphatic heterocycles. The smallest absolute Gasteiger partial charge is 0.326 e. The Morgan fingerprint density at radius 1 is 1.10 bits per heavy atom. The van der Waals surface area contributed by atoms with Crippen molar-refractivity contribution in [3.63, 3.8) is 0 Å². The predicted octanol–water partition coefficient (Wildman–Crippen LogP) is -0.913. The zero-order valence-electron chi connectivity index (χ0n) is 21.7. The molecule has 3 rings (SSSR count). The SMILES string of the molecule is NCCCCC(N)C(=O)NC(Cc1c[nH]c2ccccc12)C(=O)N1CCCC1C(=O)NC(CC(N)=O)C(=O)O. The first-order valence-electron chi connectivity index (χ1n) is 13.0. The number of nitrogens with one attached hydrogen (secondary N) is 3. The van der Waals surface area contributed by atoms with Gasteiger partial charge < -0.3 is 42.8 Å². The Hall–Kier alpha value is -3.97. The van der Waals surface area contributed by atoms with E-state index in [1.54, 1.807) is 6.20 Å². The van der Waals surface area contributed by atoms with E-state index in [0.717, 1.165) is 22.9 Å². The van der Waals surface area contributed by atoms with Crippen LogP contribution in [0.1, 0.15) is 44.1 Å². The fourth-order valence-electron chi connectivity index (χ4n) is 4.81. The molecule has 0 spiro atoms. The number of H-pyrrole nitrogens is 1. The van der Waals surface area contributed by atoms with Gasteiger partial charge in [0.25, 0.3) is 0 Å². The number of aromatic amines is 1. The molecule has 1 aliphatic rings. The van der Waals surface area contributed by atoms with E-state index in [1.807, 2.05) is 24.3 Å². The molecule has 4 amide bonds. The number of benzene rings is 1. The van der Waals surface area contributed by atoms with E-state index in [2.05, 4.69) is 15.6 Å². The van der Waals surface area contributed by atoms with Gasteiger partial charge in [0, 0.05) is 30.1 Å². The second kappa shape index (κ2) is 13.7. The number of hydrogen-bond acceptors (Lipinski definition) is 7. The first-order valence-corrected chi connectivity index (χ1v) is 13.0. The van der Waals surface area contributed by atoms with E-state index in [0.29, 0.717) is 32.2 Å². The number of amides is 4. The van der Waals surface area contributed by atoms with Crippen LogP contribution >= 0.6 is 0 Å². The number of fused-ring (bicyclic) bond motifs is 1. The van der Waals surface area contributed by atoms with Crippen LogP contribution in [0, 0.1) is 0 Å². The fourth-order valence-corrected chi connectivity index (χ4v) is 4.81. The van der Waals surface area contributed by atoms with Crippen LogP contribution in [0.2, 0.25) is 0 Å². The number of carboxylic acids is 1. The van der Waals surface area contributed by atoms with Crippen LogP contribution in [0.5, 0.6) is 0 Å². The van der Waals surface area contributed by atoms with Crippen molar-refractivity contribution in [1.82, 2.24) is 20.5 Å². The van der Waals surface area contributed by atoms with Crippen molar-refractivity contribution in [1.29, 1.82) is 0 Å². The number of aromatic nitrogens is 1. The first kappa shape index (κ1) is 29.6. The van der Waals surface area contributed by atoms with Gasteiger partial charge in [0.2, 0.25) is 23.6 Å². The normalized spacial score (nSPS) is 17.4. The van der Waals surface area contributed by atoms with Gasteiger partial charge in [-0.3, -0.25) is 19.2 Å². The van der Waals surface area contributed by atoms with Gasteiger partial charge in [-0.2, -0.15) is 0 Å². The number of unbranched alkanes of at least 4 members (excludes halogenated alkanes) is 1. The third kappa shape index (κ3) is 7.77. The Bertz CT molecular complexity index is 1200. The van der Waals surface area contributed by atoms with Crippen molar-refractivity contribution in [2.24, 2.45) is 17.2 Å². The monoisotopic (exact) mass is 543 g/mol. The molecule has 10 N–H and O–H groups in total. The summed E-state index contributed by atoms with van der Waals surface area (Å²) in [7, 11) is 0. The Balaban J connectivity index is 1.81. The highest BCUT2D eigenvalue weighted by molar-refractivity contribution is 5.96. The number of rotatable bonds is 14. The van der Waals surface area contributed by atoms with Crippen LogP contribution in [0.4, 0.5) is 0 Å². The molecule has 2 heterocycles. The minimum atomic E-state index is -1.51. The topological polar surface area (TPSA) is 227 Å². The summed E-state index contributed by atoms with van der Waals surface area (Å²) in [5.74, 6) is -3.97. The number of nitrogens with two attached hydrogens (primary N) is 3. The zero-order chi connectivity index (χ0) is 28.5. The van der Waals surface area contributed by atoms with Crippen LogP contribution in [-0.2, 0) is 30.4 Å². The fraction of sp³-hybridized carbons (Fsp3) is 0.500. The predicted molar refractivity (Wildman–Crippen MR) is 143 cm³/mol. The van der Waals surface area contributed by atoms with Crippen molar-refractivity contribution < 1.29 is 29.1 Å². The lowest BCUT2D eigenvalue weighted by molar-refractivity contribution is -0.145. The zero-order valence-corrected chi connectivity index (χ0v) is 21.7. The van der Waals surface area contributed by atoms with Crippen molar-refractivity contribution in [3.05, 3.63) is 36.0 Å². The van der Waals surface area contributed by atoms with Gasteiger partial charge in [-0.05, 0) is 43.9 Å². The number of para-hydroxylation sites is 1. The van der Waals surface area contributed by atoms with Gasteiger partial charge in [0.05, 0.1) is 12.5 Å². The molecule has 4 atom stereocenters. The number of carbonyl (C=O) groups is 5. The second-order valence-corrected chi connectivity index (χ2v) is 9.78. The lowest BCUT2D eigenvalue weighted by Gasteiger charge is -2.30. The molecule has 0 saturated carbocycles. The molecule has 2 aromatic rings. The van der Waals surface area contributed by atoms with Gasteiger partial charge >= 0.3 is 5.97 Å². The summed E-state index contributed by atoms with van der Waals surface area (Å²) in [6.07, 6.45) is 3.93. The molecule has 1 aromatic carbocycles.